The number of rotatable bonds is 8. The molecule has 0 heterocycles. The van der Waals surface area contributed by atoms with Crippen LogP contribution in [0, 0.1) is 27.7 Å². The summed E-state index contributed by atoms with van der Waals surface area (Å²) < 4.78 is 11.4. The number of hydrogen-bond acceptors (Lipinski definition) is 4. The lowest BCUT2D eigenvalue weighted by molar-refractivity contribution is -0.118. The number of hydrogen-bond donors (Lipinski definition) is 2. The Hall–Kier alpha value is -4.32. The van der Waals surface area contributed by atoms with Crippen LogP contribution in [-0.2, 0) is 9.59 Å². The standard InChI is InChI=1S/C30H30N2O4/c1-19-11-13-27(21(3)15-19)35-17-29(33)31-25-9-5-8-24-23(25)7-6-10-26(24)32-30(34)18-36-28-14-12-20(2)16-22(28)4/h5-16H,17-18H2,1-4H3,(H,31,33)(H,32,34). The molecule has 4 aromatic rings. The van der Waals surface area contributed by atoms with E-state index in [9.17, 15) is 9.59 Å². The molecule has 0 aromatic heterocycles. The molecule has 0 saturated heterocycles. The molecule has 0 bridgehead atoms. The van der Waals surface area contributed by atoms with E-state index in [2.05, 4.69) is 10.6 Å². The van der Waals surface area contributed by atoms with Gasteiger partial charge in [0.05, 0.1) is 0 Å². The van der Waals surface area contributed by atoms with E-state index >= 15 is 0 Å². The highest BCUT2D eigenvalue weighted by molar-refractivity contribution is 6.09. The van der Waals surface area contributed by atoms with Gasteiger partial charge in [0.25, 0.3) is 11.8 Å². The highest BCUT2D eigenvalue weighted by Crippen LogP contribution is 2.29. The summed E-state index contributed by atoms with van der Waals surface area (Å²) in [6.07, 6.45) is 0. The third-order valence-corrected chi connectivity index (χ3v) is 5.85. The molecular weight excluding hydrogens is 452 g/mol. The van der Waals surface area contributed by atoms with Crippen molar-refractivity contribution < 1.29 is 19.1 Å². The molecule has 36 heavy (non-hydrogen) atoms. The van der Waals surface area contributed by atoms with Gasteiger partial charge in [0.15, 0.2) is 13.2 Å². The molecule has 184 valence electrons. The van der Waals surface area contributed by atoms with Crippen LogP contribution in [0.2, 0.25) is 0 Å². The average molecular weight is 483 g/mol. The molecule has 0 aliphatic rings. The first-order valence-electron chi connectivity index (χ1n) is 11.8. The SMILES string of the molecule is Cc1ccc(OCC(=O)Nc2cccc3c(NC(=O)COc4ccc(C)cc4C)cccc23)c(C)c1. The van der Waals surface area contributed by atoms with Crippen molar-refractivity contribution in [2.24, 2.45) is 0 Å². The molecule has 4 aromatic carbocycles. The van der Waals surface area contributed by atoms with Crippen LogP contribution in [-0.4, -0.2) is 25.0 Å². The zero-order chi connectivity index (χ0) is 25.7. The van der Waals surface area contributed by atoms with Crippen LogP contribution < -0.4 is 20.1 Å². The fraction of sp³-hybridized carbons (Fsp3) is 0.200. The quantitative estimate of drug-likeness (QED) is 0.318. The molecule has 6 heteroatoms. The smallest absolute Gasteiger partial charge is 0.262 e. The molecule has 2 N–H and O–H groups in total. The van der Waals surface area contributed by atoms with Gasteiger partial charge in [0.2, 0.25) is 0 Å². The largest absolute Gasteiger partial charge is 0.483 e. The van der Waals surface area contributed by atoms with Crippen LogP contribution >= 0.6 is 0 Å². The first-order valence-corrected chi connectivity index (χ1v) is 11.8. The van der Waals surface area contributed by atoms with E-state index in [0.29, 0.717) is 22.9 Å². The van der Waals surface area contributed by atoms with Crippen molar-refractivity contribution in [2.45, 2.75) is 27.7 Å². The second kappa shape index (κ2) is 11.0. The van der Waals surface area contributed by atoms with Crippen LogP contribution in [0.1, 0.15) is 22.3 Å². The Kier molecular flexibility index (Phi) is 7.54. The molecule has 0 atom stereocenters. The van der Waals surface area contributed by atoms with Crippen molar-refractivity contribution in [2.75, 3.05) is 23.8 Å². The second-order valence-electron chi connectivity index (χ2n) is 8.92. The minimum absolute atomic E-state index is 0.105. The maximum absolute atomic E-state index is 12.6. The predicted octanol–water partition coefficient (Wildman–Crippen LogP) is 6.11. The minimum atomic E-state index is -0.265. The monoisotopic (exact) mass is 482 g/mol. The molecule has 6 nitrogen and oxygen atoms in total. The fourth-order valence-corrected chi connectivity index (χ4v) is 4.11. The molecular formula is C30H30N2O4. The molecule has 4 rings (SSSR count). The Morgan fingerprint density at radius 3 is 1.42 bits per heavy atom. The molecule has 0 spiro atoms. The number of carbonyl (C=O) groups excluding carboxylic acids is 2. The molecule has 0 saturated carbocycles. The molecule has 0 aliphatic heterocycles. The van der Waals surface area contributed by atoms with Gasteiger partial charge in [-0.05, 0) is 63.1 Å². The number of benzene rings is 4. The van der Waals surface area contributed by atoms with Crippen molar-refractivity contribution in [3.63, 3.8) is 0 Å². The summed E-state index contributed by atoms with van der Waals surface area (Å²) >= 11 is 0. The lowest BCUT2D eigenvalue weighted by Crippen LogP contribution is -2.21. The molecule has 0 aliphatic carbocycles. The van der Waals surface area contributed by atoms with Gasteiger partial charge in [-0.2, -0.15) is 0 Å². The summed E-state index contributed by atoms with van der Waals surface area (Å²) in [5.74, 6) is 0.834. The number of carbonyl (C=O) groups is 2. The van der Waals surface area contributed by atoms with Gasteiger partial charge in [-0.25, -0.2) is 0 Å². The summed E-state index contributed by atoms with van der Waals surface area (Å²) in [6, 6.07) is 22.8. The summed E-state index contributed by atoms with van der Waals surface area (Å²) in [6.45, 7) is 7.72. The summed E-state index contributed by atoms with van der Waals surface area (Å²) in [4.78, 5) is 25.2. The van der Waals surface area contributed by atoms with E-state index in [4.69, 9.17) is 9.47 Å². The maximum Gasteiger partial charge on any atom is 0.262 e. The van der Waals surface area contributed by atoms with E-state index in [0.717, 1.165) is 33.0 Å². The van der Waals surface area contributed by atoms with E-state index in [1.807, 2.05) is 100 Å². The maximum atomic E-state index is 12.6. The number of fused-ring (bicyclic) bond motifs is 1. The van der Waals surface area contributed by atoms with Crippen LogP contribution in [0.25, 0.3) is 10.8 Å². The zero-order valence-corrected chi connectivity index (χ0v) is 21.0. The Balaban J connectivity index is 1.42. The molecule has 0 radical (unpaired) electrons. The lowest BCUT2D eigenvalue weighted by atomic mass is 10.1. The Bertz CT molecular complexity index is 1320. The van der Waals surface area contributed by atoms with Crippen molar-refractivity contribution in [3.8, 4) is 11.5 Å². The zero-order valence-electron chi connectivity index (χ0n) is 21.0. The minimum Gasteiger partial charge on any atom is -0.483 e. The van der Waals surface area contributed by atoms with Gasteiger partial charge in [-0.3, -0.25) is 9.59 Å². The highest BCUT2D eigenvalue weighted by Gasteiger charge is 2.12. The van der Waals surface area contributed by atoms with Gasteiger partial charge in [-0.1, -0.05) is 59.7 Å². The third-order valence-electron chi connectivity index (χ3n) is 5.85. The first-order chi connectivity index (χ1) is 17.3. The van der Waals surface area contributed by atoms with Crippen molar-refractivity contribution in [1.29, 1.82) is 0 Å². The average Bonchev–Trinajstić information content (AvgIpc) is 2.83. The molecule has 0 unspecified atom stereocenters. The highest BCUT2D eigenvalue weighted by atomic mass is 16.5. The second-order valence-corrected chi connectivity index (χ2v) is 8.92. The summed E-state index contributed by atoms with van der Waals surface area (Å²) in [7, 11) is 0. The number of aryl methyl sites for hydroxylation is 4. The Morgan fingerprint density at radius 1 is 0.611 bits per heavy atom. The predicted molar refractivity (Wildman–Crippen MR) is 144 cm³/mol. The van der Waals surface area contributed by atoms with Crippen LogP contribution in [0.15, 0.2) is 72.8 Å². The van der Waals surface area contributed by atoms with E-state index in [-0.39, 0.29) is 25.0 Å². The van der Waals surface area contributed by atoms with E-state index in [1.54, 1.807) is 0 Å². The van der Waals surface area contributed by atoms with Gasteiger partial charge in [-0.15, -0.1) is 0 Å². The molecule has 0 fully saturated rings. The van der Waals surface area contributed by atoms with Crippen LogP contribution in [0.4, 0.5) is 11.4 Å². The number of nitrogens with one attached hydrogen (secondary N) is 2. The van der Waals surface area contributed by atoms with Crippen molar-refractivity contribution in [3.05, 3.63) is 95.1 Å². The van der Waals surface area contributed by atoms with Gasteiger partial charge in [0, 0.05) is 22.1 Å². The van der Waals surface area contributed by atoms with Crippen LogP contribution in [0.5, 0.6) is 11.5 Å². The summed E-state index contributed by atoms with van der Waals surface area (Å²) in [5, 5.41) is 7.47. The molecule has 2 amide bonds. The van der Waals surface area contributed by atoms with Gasteiger partial charge in [0.1, 0.15) is 11.5 Å². The van der Waals surface area contributed by atoms with E-state index < -0.39 is 0 Å². The number of anilines is 2. The van der Waals surface area contributed by atoms with Crippen molar-refractivity contribution in [1.82, 2.24) is 0 Å². The number of amides is 2. The van der Waals surface area contributed by atoms with Gasteiger partial charge >= 0.3 is 0 Å². The Morgan fingerprint density at radius 2 is 1.03 bits per heavy atom. The van der Waals surface area contributed by atoms with Crippen LogP contribution in [0.3, 0.4) is 0 Å². The Labute approximate surface area is 211 Å². The lowest BCUT2D eigenvalue weighted by Gasteiger charge is -2.14. The third kappa shape index (κ3) is 6.02. The van der Waals surface area contributed by atoms with Gasteiger partial charge < -0.3 is 20.1 Å². The fourth-order valence-electron chi connectivity index (χ4n) is 4.11. The topological polar surface area (TPSA) is 76.7 Å². The number of ether oxygens (including phenoxy) is 2. The normalized spacial score (nSPS) is 10.7. The summed E-state index contributed by atoms with van der Waals surface area (Å²) in [5.41, 5.74) is 5.53. The van der Waals surface area contributed by atoms with Crippen molar-refractivity contribution >= 4 is 34.0 Å². The van der Waals surface area contributed by atoms with E-state index in [1.165, 1.54) is 0 Å². The first kappa shape index (κ1) is 24.8.